The van der Waals surface area contributed by atoms with Crippen LogP contribution in [0.1, 0.15) is 58.8 Å². The zero-order valence-corrected chi connectivity index (χ0v) is 14.5. The molecule has 0 aromatic carbocycles. The molecule has 0 amide bonds. The van der Waals surface area contributed by atoms with Crippen LogP contribution < -0.4 is 0 Å². The molecule has 0 radical (unpaired) electrons. The lowest BCUT2D eigenvalue weighted by Crippen LogP contribution is -2.55. The van der Waals surface area contributed by atoms with E-state index in [0.717, 1.165) is 44.9 Å². The van der Waals surface area contributed by atoms with Crippen LogP contribution in [-0.4, -0.2) is 33.6 Å². The first-order chi connectivity index (χ1) is 10.8. The molecule has 3 nitrogen and oxygen atoms in total. The van der Waals surface area contributed by atoms with Crippen LogP contribution in [0.3, 0.4) is 0 Å². The first kappa shape index (κ1) is 16.1. The van der Waals surface area contributed by atoms with E-state index < -0.39 is 12.2 Å². The fourth-order valence-corrected chi connectivity index (χ4v) is 7.21. The summed E-state index contributed by atoms with van der Waals surface area (Å²) in [4.78, 5) is 0. The lowest BCUT2D eigenvalue weighted by atomic mass is 9.44. The standard InChI is InChI=1S/C20H32O3/c1-11-8-13-14(19(2)6-4-12(21)9-15(11)19)5-7-20(3)16(13)10-17(22)18(20)23/h12-18,21-23H,1,4-10H2,2-3H3/t12-,13+,14-,15?,16-,17-,18-,19+,20-/m0/s1. The molecule has 3 heteroatoms. The van der Waals surface area contributed by atoms with Gasteiger partial charge in [-0.1, -0.05) is 26.0 Å². The molecule has 0 aromatic heterocycles. The van der Waals surface area contributed by atoms with Gasteiger partial charge in [0.2, 0.25) is 0 Å². The maximum atomic E-state index is 10.5. The van der Waals surface area contributed by atoms with E-state index in [-0.39, 0.29) is 16.9 Å². The molecule has 4 aliphatic carbocycles. The lowest BCUT2D eigenvalue weighted by molar-refractivity contribution is -0.118. The average Bonchev–Trinajstić information content (AvgIpc) is 2.73. The molecule has 0 saturated heterocycles. The second kappa shape index (κ2) is 5.06. The van der Waals surface area contributed by atoms with Crippen LogP contribution in [0.15, 0.2) is 12.2 Å². The largest absolute Gasteiger partial charge is 0.393 e. The lowest BCUT2D eigenvalue weighted by Gasteiger charge is -2.61. The molecule has 4 fully saturated rings. The first-order valence-electron chi connectivity index (χ1n) is 9.49. The fraction of sp³-hybridized carbons (Fsp3) is 0.900. The van der Waals surface area contributed by atoms with Crippen molar-refractivity contribution in [3.63, 3.8) is 0 Å². The number of hydrogen-bond donors (Lipinski definition) is 3. The molecule has 23 heavy (non-hydrogen) atoms. The molecule has 4 aliphatic rings. The number of rotatable bonds is 0. The Hall–Kier alpha value is -0.380. The van der Waals surface area contributed by atoms with Crippen LogP contribution >= 0.6 is 0 Å². The second-order valence-electron chi connectivity index (χ2n) is 9.52. The van der Waals surface area contributed by atoms with E-state index in [0.29, 0.717) is 23.7 Å². The number of allylic oxidation sites excluding steroid dienone is 1. The number of aliphatic hydroxyl groups excluding tert-OH is 3. The van der Waals surface area contributed by atoms with Crippen molar-refractivity contribution in [3.8, 4) is 0 Å². The van der Waals surface area contributed by atoms with Crippen LogP contribution in [0.2, 0.25) is 0 Å². The molecule has 4 saturated carbocycles. The van der Waals surface area contributed by atoms with E-state index in [4.69, 9.17) is 0 Å². The Bertz CT molecular complexity index is 517. The van der Waals surface area contributed by atoms with Crippen LogP contribution in [0, 0.1) is 34.5 Å². The molecule has 0 bridgehead atoms. The molecular weight excluding hydrogens is 288 g/mol. The van der Waals surface area contributed by atoms with Gasteiger partial charge < -0.3 is 15.3 Å². The molecule has 3 N–H and O–H groups in total. The maximum absolute atomic E-state index is 10.5. The Morgan fingerprint density at radius 3 is 2.39 bits per heavy atom. The molecule has 0 aliphatic heterocycles. The second-order valence-corrected chi connectivity index (χ2v) is 9.52. The Labute approximate surface area is 139 Å². The van der Waals surface area contributed by atoms with Crippen molar-refractivity contribution in [2.45, 2.75) is 77.1 Å². The van der Waals surface area contributed by atoms with Gasteiger partial charge in [-0.3, -0.25) is 0 Å². The summed E-state index contributed by atoms with van der Waals surface area (Å²) in [6, 6.07) is 0. The minimum absolute atomic E-state index is 0.127. The summed E-state index contributed by atoms with van der Waals surface area (Å²) in [7, 11) is 0. The zero-order valence-electron chi connectivity index (χ0n) is 14.5. The van der Waals surface area contributed by atoms with Gasteiger partial charge in [0.15, 0.2) is 0 Å². The summed E-state index contributed by atoms with van der Waals surface area (Å²) in [5.74, 6) is 2.06. The first-order valence-corrected chi connectivity index (χ1v) is 9.49. The maximum Gasteiger partial charge on any atom is 0.0855 e. The van der Waals surface area contributed by atoms with Gasteiger partial charge in [0.1, 0.15) is 0 Å². The predicted molar refractivity (Wildman–Crippen MR) is 89.7 cm³/mol. The SMILES string of the molecule is C=C1C[C@H]2[C@@H]3C[C@H](O)[C@H](O)[C@@]3(C)CC[C@@H]2[C@@]2(C)CC[C@H](O)CC12. The van der Waals surface area contributed by atoms with E-state index >= 15 is 0 Å². The smallest absolute Gasteiger partial charge is 0.0855 e. The van der Waals surface area contributed by atoms with Crippen LogP contribution in [-0.2, 0) is 0 Å². The highest BCUT2D eigenvalue weighted by Gasteiger charge is 2.62. The molecule has 4 rings (SSSR count). The monoisotopic (exact) mass is 320 g/mol. The topological polar surface area (TPSA) is 60.7 Å². The van der Waals surface area contributed by atoms with E-state index in [1.54, 1.807) is 0 Å². The highest BCUT2D eigenvalue weighted by atomic mass is 16.3. The van der Waals surface area contributed by atoms with E-state index in [9.17, 15) is 15.3 Å². The Morgan fingerprint density at radius 1 is 0.957 bits per heavy atom. The highest BCUT2D eigenvalue weighted by Crippen LogP contribution is 2.66. The van der Waals surface area contributed by atoms with Gasteiger partial charge in [-0.05, 0) is 79.4 Å². The van der Waals surface area contributed by atoms with Gasteiger partial charge in [0.25, 0.3) is 0 Å². The van der Waals surface area contributed by atoms with Gasteiger partial charge in [-0.25, -0.2) is 0 Å². The third-order valence-corrected chi connectivity index (χ3v) is 8.57. The van der Waals surface area contributed by atoms with Crippen molar-refractivity contribution in [1.29, 1.82) is 0 Å². The van der Waals surface area contributed by atoms with E-state index in [1.165, 1.54) is 5.57 Å². The van der Waals surface area contributed by atoms with Crippen molar-refractivity contribution in [1.82, 2.24) is 0 Å². The van der Waals surface area contributed by atoms with Crippen LogP contribution in [0.25, 0.3) is 0 Å². The van der Waals surface area contributed by atoms with Gasteiger partial charge in [-0.2, -0.15) is 0 Å². The van der Waals surface area contributed by atoms with E-state index in [1.807, 2.05) is 0 Å². The van der Waals surface area contributed by atoms with Gasteiger partial charge in [-0.15, -0.1) is 0 Å². The van der Waals surface area contributed by atoms with Crippen LogP contribution in [0.5, 0.6) is 0 Å². The Kier molecular flexibility index (Phi) is 3.54. The number of hydrogen-bond acceptors (Lipinski definition) is 3. The zero-order chi connectivity index (χ0) is 16.6. The highest BCUT2D eigenvalue weighted by molar-refractivity contribution is 5.21. The Balaban J connectivity index is 1.68. The minimum Gasteiger partial charge on any atom is -0.393 e. The molecule has 0 spiro atoms. The summed E-state index contributed by atoms with van der Waals surface area (Å²) in [5, 5.41) is 30.9. The summed E-state index contributed by atoms with van der Waals surface area (Å²) in [6.45, 7) is 9.03. The third-order valence-electron chi connectivity index (χ3n) is 8.57. The molecule has 0 heterocycles. The van der Waals surface area contributed by atoms with Crippen molar-refractivity contribution in [2.24, 2.45) is 34.5 Å². The summed E-state index contributed by atoms with van der Waals surface area (Å²) >= 11 is 0. The molecule has 0 aromatic rings. The third kappa shape index (κ3) is 2.06. The quantitative estimate of drug-likeness (QED) is 0.602. The fourth-order valence-electron chi connectivity index (χ4n) is 7.21. The van der Waals surface area contributed by atoms with E-state index in [2.05, 4.69) is 20.4 Å². The van der Waals surface area contributed by atoms with Crippen molar-refractivity contribution in [3.05, 3.63) is 12.2 Å². The molecular formula is C20H32O3. The van der Waals surface area contributed by atoms with Crippen molar-refractivity contribution >= 4 is 0 Å². The molecule has 130 valence electrons. The summed E-state index contributed by atoms with van der Waals surface area (Å²) in [5.41, 5.74) is 1.43. The van der Waals surface area contributed by atoms with Crippen LogP contribution in [0.4, 0.5) is 0 Å². The Morgan fingerprint density at radius 2 is 1.65 bits per heavy atom. The predicted octanol–water partition coefficient (Wildman–Crippen LogP) is 2.89. The van der Waals surface area contributed by atoms with Gasteiger partial charge in [0, 0.05) is 0 Å². The average molecular weight is 320 g/mol. The minimum atomic E-state index is -0.569. The summed E-state index contributed by atoms with van der Waals surface area (Å²) in [6.07, 6.45) is 5.54. The van der Waals surface area contributed by atoms with Gasteiger partial charge >= 0.3 is 0 Å². The number of aliphatic hydroxyl groups is 3. The molecule has 9 atom stereocenters. The normalized spacial score (nSPS) is 59.2. The van der Waals surface area contributed by atoms with Gasteiger partial charge in [0.05, 0.1) is 18.3 Å². The summed E-state index contributed by atoms with van der Waals surface area (Å²) < 4.78 is 0. The number of fused-ring (bicyclic) bond motifs is 5. The van der Waals surface area contributed by atoms with Crippen molar-refractivity contribution in [2.75, 3.05) is 0 Å². The molecule has 1 unspecified atom stereocenters. The van der Waals surface area contributed by atoms with Crippen molar-refractivity contribution < 1.29 is 15.3 Å².